The number of fused-ring (bicyclic) bond motifs is 2. The number of pyridine rings is 2. The maximum Gasteiger partial charge on any atom is 0.325 e. The monoisotopic (exact) mass is 498 g/mol. The molecule has 4 N–H and O–H groups in total. The molecule has 5 rings (SSSR count). The predicted molar refractivity (Wildman–Crippen MR) is 130 cm³/mol. The van der Waals surface area contributed by atoms with Crippen LogP contribution in [0.25, 0.3) is 32.5 Å². The van der Waals surface area contributed by atoms with Crippen LogP contribution in [0.4, 0.5) is 15.6 Å². The molecule has 0 saturated heterocycles. The Morgan fingerprint density at radius 1 is 1.06 bits per heavy atom. The van der Waals surface area contributed by atoms with E-state index < -0.39 is 6.03 Å². The van der Waals surface area contributed by atoms with E-state index >= 15 is 0 Å². The summed E-state index contributed by atoms with van der Waals surface area (Å²) >= 11 is 13.0. The second-order valence-corrected chi connectivity index (χ2v) is 8.71. The number of hydrogen-bond donors (Lipinski definition) is 4. The molecule has 0 fully saturated rings. The molecule has 2 aromatic carbocycles. The largest absolute Gasteiger partial charge is 0.506 e. The van der Waals surface area contributed by atoms with Gasteiger partial charge in [-0.2, -0.15) is 0 Å². The smallest absolute Gasteiger partial charge is 0.325 e. The van der Waals surface area contributed by atoms with Crippen LogP contribution in [0.1, 0.15) is 0 Å². The fourth-order valence-electron chi connectivity index (χ4n) is 3.26. The van der Waals surface area contributed by atoms with Crippen LogP contribution in [0.5, 0.6) is 5.75 Å². The number of anilines is 2. The summed E-state index contributed by atoms with van der Waals surface area (Å²) in [6.07, 6.45) is 1.59. The van der Waals surface area contributed by atoms with Gasteiger partial charge >= 0.3 is 6.03 Å². The first kappa shape index (κ1) is 21.1. The Kier molecular flexibility index (Phi) is 5.33. The Morgan fingerprint density at radius 3 is 2.76 bits per heavy atom. The summed E-state index contributed by atoms with van der Waals surface area (Å²) in [5, 5.41) is 25.2. The van der Waals surface area contributed by atoms with Gasteiger partial charge in [-0.15, -0.1) is 10.2 Å². The number of H-pyrrole nitrogens is 1. The summed E-state index contributed by atoms with van der Waals surface area (Å²) in [6, 6.07) is 10.6. The number of urea groups is 1. The quantitative estimate of drug-likeness (QED) is 0.251. The first-order chi connectivity index (χ1) is 15.9. The summed E-state index contributed by atoms with van der Waals surface area (Å²) in [7, 11) is 0. The molecule has 164 valence electrons. The fraction of sp³-hybridized carbons (Fsp3) is 0. The van der Waals surface area contributed by atoms with Gasteiger partial charge in [0, 0.05) is 22.3 Å². The molecule has 3 aromatic heterocycles. The van der Waals surface area contributed by atoms with E-state index in [0.29, 0.717) is 43.2 Å². The number of carbonyl (C=O) groups excluding carboxylic acids is 1. The van der Waals surface area contributed by atoms with E-state index in [4.69, 9.17) is 23.2 Å². The average molecular weight is 499 g/mol. The van der Waals surface area contributed by atoms with Crippen LogP contribution in [0.3, 0.4) is 0 Å². The standard InChI is InChI=1S/C21H12Cl2N6O3S/c22-9-6-13(17(31)14(23)7-9)19-28-29-21(33-19)27-20(32)25-10-3-4-11-15(8-10)26-18-12(16(11)30)2-1-5-24-18/h1-8,31H,(H,24,26,30)(H2,25,27,29,32). The van der Waals surface area contributed by atoms with Crippen LogP contribution in [0, 0.1) is 0 Å². The van der Waals surface area contributed by atoms with Crippen molar-refractivity contribution >= 4 is 73.3 Å². The summed E-state index contributed by atoms with van der Waals surface area (Å²) in [4.78, 5) is 32.4. The predicted octanol–water partition coefficient (Wildman–Crippen LogP) is 5.25. The lowest BCUT2D eigenvalue weighted by Crippen LogP contribution is -2.19. The van der Waals surface area contributed by atoms with E-state index in [2.05, 4.69) is 30.8 Å². The van der Waals surface area contributed by atoms with Gasteiger partial charge < -0.3 is 15.4 Å². The third-order valence-electron chi connectivity index (χ3n) is 4.73. The van der Waals surface area contributed by atoms with Gasteiger partial charge in [0.05, 0.1) is 21.5 Å². The molecular formula is C21H12Cl2N6O3S. The minimum Gasteiger partial charge on any atom is -0.506 e. The number of hydrogen-bond acceptors (Lipinski definition) is 7. The zero-order valence-corrected chi connectivity index (χ0v) is 18.7. The van der Waals surface area contributed by atoms with Crippen molar-refractivity contribution in [1.82, 2.24) is 20.2 Å². The Balaban J connectivity index is 1.36. The van der Waals surface area contributed by atoms with Crippen LogP contribution >= 0.6 is 34.5 Å². The number of aromatic nitrogens is 4. The maximum atomic E-state index is 12.6. The second kappa shape index (κ2) is 8.32. The van der Waals surface area contributed by atoms with Crippen LogP contribution in [0.2, 0.25) is 10.0 Å². The highest BCUT2D eigenvalue weighted by Gasteiger charge is 2.16. The highest BCUT2D eigenvalue weighted by Crippen LogP contribution is 2.39. The number of aromatic amines is 1. The van der Waals surface area contributed by atoms with Crippen molar-refractivity contribution in [3.8, 4) is 16.3 Å². The molecule has 3 heterocycles. The highest BCUT2D eigenvalue weighted by atomic mass is 35.5. The van der Waals surface area contributed by atoms with Gasteiger partial charge in [-0.25, -0.2) is 9.78 Å². The van der Waals surface area contributed by atoms with Crippen LogP contribution in [0.15, 0.2) is 53.5 Å². The highest BCUT2D eigenvalue weighted by molar-refractivity contribution is 7.18. The molecule has 0 aliphatic carbocycles. The molecule has 0 saturated carbocycles. The zero-order valence-electron chi connectivity index (χ0n) is 16.4. The topological polar surface area (TPSA) is 133 Å². The number of halogens is 2. The van der Waals surface area contributed by atoms with Gasteiger partial charge in [-0.05, 0) is 42.5 Å². The van der Waals surface area contributed by atoms with Crippen LogP contribution in [-0.2, 0) is 0 Å². The number of phenols is 1. The summed E-state index contributed by atoms with van der Waals surface area (Å²) in [5.41, 5.74) is 1.61. The summed E-state index contributed by atoms with van der Waals surface area (Å²) in [6.45, 7) is 0. The number of amides is 2. The number of carbonyl (C=O) groups is 1. The number of phenolic OH excluding ortho intramolecular Hbond substituents is 1. The van der Waals surface area contributed by atoms with E-state index in [1.165, 1.54) is 12.1 Å². The second-order valence-electron chi connectivity index (χ2n) is 6.89. The summed E-state index contributed by atoms with van der Waals surface area (Å²) < 4.78 is 0. The van der Waals surface area contributed by atoms with Crippen molar-refractivity contribution in [3.05, 3.63) is 68.9 Å². The van der Waals surface area contributed by atoms with Gasteiger partial charge in [0.15, 0.2) is 10.4 Å². The number of nitrogens with one attached hydrogen (secondary N) is 3. The molecule has 0 unspecified atom stereocenters. The Morgan fingerprint density at radius 2 is 1.91 bits per heavy atom. The molecule has 0 radical (unpaired) electrons. The first-order valence-electron chi connectivity index (χ1n) is 9.40. The molecule has 9 nitrogen and oxygen atoms in total. The van der Waals surface area contributed by atoms with Gasteiger partial charge in [0.2, 0.25) is 5.13 Å². The first-order valence-corrected chi connectivity index (χ1v) is 11.0. The molecule has 12 heteroatoms. The Hall–Kier alpha value is -3.73. The lowest BCUT2D eigenvalue weighted by atomic mass is 10.1. The normalized spacial score (nSPS) is 11.1. The zero-order chi connectivity index (χ0) is 23.1. The van der Waals surface area contributed by atoms with E-state index in [-0.39, 0.29) is 21.3 Å². The minimum atomic E-state index is -0.563. The van der Waals surface area contributed by atoms with Crippen molar-refractivity contribution in [2.45, 2.75) is 0 Å². The van der Waals surface area contributed by atoms with Gasteiger partial charge in [0.25, 0.3) is 0 Å². The number of rotatable bonds is 3. The lowest BCUT2D eigenvalue weighted by molar-refractivity contribution is 0.262. The molecule has 0 bridgehead atoms. The Bertz CT molecular complexity index is 1620. The van der Waals surface area contributed by atoms with E-state index in [1.807, 2.05) is 0 Å². The van der Waals surface area contributed by atoms with Crippen LogP contribution < -0.4 is 16.1 Å². The van der Waals surface area contributed by atoms with E-state index in [0.717, 1.165) is 11.3 Å². The van der Waals surface area contributed by atoms with Gasteiger partial charge in [-0.3, -0.25) is 10.1 Å². The van der Waals surface area contributed by atoms with Crippen LogP contribution in [-0.4, -0.2) is 31.3 Å². The van der Waals surface area contributed by atoms with Gasteiger partial charge in [0.1, 0.15) is 11.4 Å². The Labute approximate surface area is 199 Å². The molecule has 0 aliphatic heterocycles. The molecule has 0 atom stereocenters. The molecule has 0 aliphatic rings. The summed E-state index contributed by atoms with van der Waals surface area (Å²) in [5.74, 6) is -0.180. The molecular weight excluding hydrogens is 487 g/mol. The molecule has 33 heavy (non-hydrogen) atoms. The maximum absolute atomic E-state index is 12.6. The minimum absolute atomic E-state index is 0.0808. The third-order valence-corrected chi connectivity index (χ3v) is 6.11. The number of nitrogens with zero attached hydrogens (tertiary/aromatic N) is 3. The van der Waals surface area contributed by atoms with Crippen molar-refractivity contribution in [3.63, 3.8) is 0 Å². The van der Waals surface area contributed by atoms with Crippen molar-refractivity contribution in [2.24, 2.45) is 0 Å². The number of aromatic hydroxyl groups is 1. The third kappa shape index (κ3) is 4.07. The fourth-order valence-corrected chi connectivity index (χ4v) is 4.50. The van der Waals surface area contributed by atoms with Crippen molar-refractivity contribution in [2.75, 3.05) is 10.6 Å². The van der Waals surface area contributed by atoms with E-state index in [1.54, 1.807) is 36.5 Å². The number of benzene rings is 2. The van der Waals surface area contributed by atoms with E-state index in [9.17, 15) is 14.7 Å². The molecule has 5 aromatic rings. The van der Waals surface area contributed by atoms with Crippen molar-refractivity contribution in [1.29, 1.82) is 0 Å². The van der Waals surface area contributed by atoms with Gasteiger partial charge in [-0.1, -0.05) is 34.5 Å². The lowest BCUT2D eigenvalue weighted by Gasteiger charge is -2.07. The SMILES string of the molecule is O=C(Nc1ccc2c(=O)c3cccnc3[nH]c2c1)Nc1nnc(-c2cc(Cl)cc(Cl)c2O)s1. The average Bonchev–Trinajstić information content (AvgIpc) is 3.24. The van der Waals surface area contributed by atoms with Crippen molar-refractivity contribution < 1.29 is 9.90 Å². The molecule has 0 spiro atoms. The molecule has 2 amide bonds.